The van der Waals surface area contributed by atoms with Gasteiger partial charge in [-0.1, -0.05) is 12.1 Å². The Kier molecular flexibility index (Phi) is 5.73. The molecule has 1 aliphatic carbocycles. The van der Waals surface area contributed by atoms with E-state index in [1.807, 2.05) is 19.9 Å². The first-order chi connectivity index (χ1) is 16.5. The molecular weight excluding hydrogens is 464 g/mol. The van der Waals surface area contributed by atoms with Gasteiger partial charge in [0.2, 0.25) is 0 Å². The number of anilines is 1. The smallest absolute Gasteiger partial charge is 0.261 e. The summed E-state index contributed by atoms with van der Waals surface area (Å²) in [5.41, 5.74) is 8.66. The van der Waals surface area contributed by atoms with E-state index in [2.05, 4.69) is 51.1 Å². The molecule has 2 aliphatic rings. The molecule has 0 radical (unpaired) electrons. The minimum Gasteiger partial charge on any atom is -0.366 e. The van der Waals surface area contributed by atoms with Gasteiger partial charge in [-0.2, -0.15) is 0 Å². The van der Waals surface area contributed by atoms with Crippen LogP contribution in [0.15, 0.2) is 35.7 Å². The highest BCUT2D eigenvalue weighted by Crippen LogP contribution is 2.35. The molecular formula is C25H28N6OS2. The molecule has 3 aromatic heterocycles. The number of rotatable bonds is 5. The number of aromatic nitrogens is 2. The highest BCUT2D eigenvalue weighted by Gasteiger charge is 2.34. The molecule has 34 heavy (non-hydrogen) atoms. The van der Waals surface area contributed by atoms with E-state index in [4.69, 9.17) is 9.97 Å². The van der Waals surface area contributed by atoms with Gasteiger partial charge in [-0.05, 0) is 68.0 Å². The molecule has 1 amide bonds. The van der Waals surface area contributed by atoms with Crippen molar-refractivity contribution in [3.63, 3.8) is 0 Å². The average molecular weight is 493 g/mol. The number of benzene rings is 1. The minimum atomic E-state index is -0.0254. The summed E-state index contributed by atoms with van der Waals surface area (Å²) >= 11 is 3.20. The van der Waals surface area contributed by atoms with Gasteiger partial charge in [0.15, 0.2) is 5.82 Å². The summed E-state index contributed by atoms with van der Waals surface area (Å²) in [4.78, 5) is 23.0. The van der Waals surface area contributed by atoms with E-state index in [1.165, 1.54) is 17.8 Å². The zero-order valence-corrected chi connectivity index (χ0v) is 20.9. The van der Waals surface area contributed by atoms with Crippen LogP contribution in [0.5, 0.6) is 0 Å². The number of hydrogen-bond donors (Lipinski definition) is 4. The molecule has 0 bridgehead atoms. The summed E-state index contributed by atoms with van der Waals surface area (Å²) < 4.78 is 2.17. The van der Waals surface area contributed by atoms with Crippen LogP contribution in [0.4, 0.5) is 5.82 Å². The second kappa shape index (κ2) is 8.88. The van der Waals surface area contributed by atoms with E-state index >= 15 is 0 Å². The van der Waals surface area contributed by atoms with Gasteiger partial charge in [-0.25, -0.2) is 9.97 Å². The van der Waals surface area contributed by atoms with Crippen LogP contribution < -0.4 is 21.5 Å². The maximum absolute atomic E-state index is 12.5. The second-order valence-corrected chi connectivity index (χ2v) is 11.6. The van der Waals surface area contributed by atoms with E-state index in [-0.39, 0.29) is 11.9 Å². The zero-order valence-electron chi connectivity index (χ0n) is 19.2. The van der Waals surface area contributed by atoms with Crippen LogP contribution in [0.1, 0.15) is 42.8 Å². The fourth-order valence-corrected chi connectivity index (χ4v) is 6.82. The van der Waals surface area contributed by atoms with E-state index in [0.717, 1.165) is 61.8 Å². The Morgan fingerprint density at radius 3 is 2.97 bits per heavy atom. The maximum Gasteiger partial charge on any atom is 0.261 e. The molecule has 2 fully saturated rings. The highest BCUT2D eigenvalue weighted by atomic mass is 32.1. The van der Waals surface area contributed by atoms with Crippen molar-refractivity contribution < 1.29 is 4.79 Å². The lowest BCUT2D eigenvalue weighted by Gasteiger charge is -2.31. The Labute approximate surface area is 206 Å². The van der Waals surface area contributed by atoms with Crippen molar-refractivity contribution in [1.29, 1.82) is 0 Å². The standard InChI is InChI=1S/C25H28N6OS2/c1-13(2)27-25(32)21-10-14-3-4-15(11-20(14)34-21)23-29-19-7-8-33-22(19)24(30-23)28-17-5-6-18-16(9-17)12-26-31-18/h3-4,7-8,10-11,13,16-18,26,31H,5-6,9,12H2,1-2H3,(H,27,32)(H,28,29,30). The first-order valence-corrected chi connectivity index (χ1v) is 13.6. The SMILES string of the molecule is CC(C)NC(=O)c1cc2ccc(-c3nc(NC4CCC5NNCC5C4)c4sccc4n3)cc2s1. The molecule has 3 unspecified atom stereocenters. The molecule has 1 aromatic carbocycles. The number of hydrogen-bond acceptors (Lipinski definition) is 8. The Balaban J connectivity index is 1.31. The third-order valence-corrected chi connectivity index (χ3v) is 8.71. The van der Waals surface area contributed by atoms with Gasteiger partial charge in [0, 0.05) is 34.9 Å². The van der Waals surface area contributed by atoms with E-state index in [1.54, 1.807) is 11.3 Å². The molecule has 7 nitrogen and oxygen atoms in total. The van der Waals surface area contributed by atoms with Crippen molar-refractivity contribution in [3.05, 3.63) is 40.6 Å². The molecule has 1 saturated heterocycles. The van der Waals surface area contributed by atoms with Crippen molar-refractivity contribution >= 4 is 54.7 Å². The minimum absolute atomic E-state index is 0.0254. The number of carbonyl (C=O) groups excluding carboxylic acids is 1. The first kappa shape index (κ1) is 21.9. The molecule has 4 heterocycles. The number of thiophene rings is 2. The van der Waals surface area contributed by atoms with Crippen molar-refractivity contribution in [2.24, 2.45) is 5.92 Å². The molecule has 176 valence electrons. The Morgan fingerprint density at radius 1 is 1.18 bits per heavy atom. The Bertz CT molecular complexity index is 1360. The van der Waals surface area contributed by atoms with Gasteiger partial charge in [0.05, 0.1) is 15.1 Å². The van der Waals surface area contributed by atoms with Crippen LogP contribution in [0, 0.1) is 5.92 Å². The zero-order chi connectivity index (χ0) is 23.2. The average Bonchev–Trinajstić information content (AvgIpc) is 3.56. The highest BCUT2D eigenvalue weighted by molar-refractivity contribution is 7.20. The molecule has 9 heteroatoms. The number of nitrogens with zero attached hydrogens (tertiary/aromatic N) is 2. The predicted octanol–water partition coefficient (Wildman–Crippen LogP) is 4.77. The van der Waals surface area contributed by atoms with Crippen molar-refractivity contribution in [3.8, 4) is 11.4 Å². The molecule has 4 aromatic rings. The molecule has 6 rings (SSSR count). The largest absolute Gasteiger partial charge is 0.366 e. The maximum atomic E-state index is 12.5. The summed E-state index contributed by atoms with van der Waals surface area (Å²) in [6.45, 7) is 4.98. The van der Waals surface area contributed by atoms with E-state index < -0.39 is 0 Å². The molecule has 1 aliphatic heterocycles. The third kappa shape index (κ3) is 4.17. The van der Waals surface area contributed by atoms with Gasteiger partial charge < -0.3 is 10.6 Å². The summed E-state index contributed by atoms with van der Waals surface area (Å²) in [6, 6.07) is 11.4. The molecule has 0 spiro atoms. The van der Waals surface area contributed by atoms with Crippen molar-refractivity contribution in [2.45, 2.75) is 51.2 Å². The first-order valence-electron chi connectivity index (χ1n) is 11.9. The van der Waals surface area contributed by atoms with Crippen LogP contribution in [-0.2, 0) is 0 Å². The fraction of sp³-hybridized carbons (Fsp3) is 0.400. The summed E-state index contributed by atoms with van der Waals surface area (Å²) in [6.07, 6.45) is 3.44. The van der Waals surface area contributed by atoms with Gasteiger partial charge in [-0.3, -0.25) is 15.6 Å². The van der Waals surface area contributed by atoms with E-state index in [0.29, 0.717) is 18.0 Å². The lowest BCUT2D eigenvalue weighted by atomic mass is 9.83. The van der Waals surface area contributed by atoms with Gasteiger partial charge in [0.1, 0.15) is 5.82 Å². The summed E-state index contributed by atoms with van der Waals surface area (Å²) in [5.74, 6) is 2.28. The number of nitrogens with one attached hydrogen (secondary N) is 4. The summed E-state index contributed by atoms with van der Waals surface area (Å²) in [5, 5.41) is 9.88. The Hall–Kier alpha value is -2.59. The number of amides is 1. The van der Waals surface area contributed by atoms with Gasteiger partial charge in [-0.15, -0.1) is 22.7 Å². The van der Waals surface area contributed by atoms with Crippen LogP contribution in [0.2, 0.25) is 0 Å². The topological polar surface area (TPSA) is 91.0 Å². The summed E-state index contributed by atoms with van der Waals surface area (Å²) in [7, 11) is 0. The van der Waals surface area contributed by atoms with E-state index in [9.17, 15) is 4.79 Å². The molecule has 3 atom stereocenters. The number of hydrazine groups is 1. The third-order valence-electron chi connectivity index (χ3n) is 6.70. The lowest BCUT2D eigenvalue weighted by Crippen LogP contribution is -2.39. The van der Waals surface area contributed by atoms with Crippen LogP contribution in [0.25, 0.3) is 31.7 Å². The fourth-order valence-electron chi connectivity index (χ4n) is 5.03. The Morgan fingerprint density at radius 2 is 2.09 bits per heavy atom. The molecule has 1 saturated carbocycles. The van der Waals surface area contributed by atoms with Crippen molar-refractivity contribution in [1.82, 2.24) is 26.1 Å². The predicted molar refractivity (Wildman–Crippen MR) is 141 cm³/mol. The quantitative estimate of drug-likeness (QED) is 0.321. The van der Waals surface area contributed by atoms with Crippen LogP contribution in [0.3, 0.4) is 0 Å². The van der Waals surface area contributed by atoms with Crippen LogP contribution >= 0.6 is 22.7 Å². The monoisotopic (exact) mass is 492 g/mol. The van der Waals surface area contributed by atoms with Gasteiger partial charge in [0.25, 0.3) is 5.91 Å². The number of fused-ring (bicyclic) bond motifs is 3. The van der Waals surface area contributed by atoms with Crippen molar-refractivity contribution in [2.75, 3.05) is 11.9 Å². The lowest BCUT2D eigenvalue weighted by molar-refractivity contribution is 0.0947. The molecule has 4 N–H and O–H groups in total. The van der Waals surface area contributed by atoms with Gasteiger partial charge >= 0.3 is 0 Å². The normalized spacial score (nSPS) is 22.4. The number of carbonyl (C=O) groups is 1. The second-order valence-electron chi connectivity index (χ2n) is 9.57. The van der Waals surface area contributed by atoms with Crippen LogP contribution in [-0.4, -0.2) is 40.5 Å².